The summed E-state index contributed by atoms with van der Waals surface area (Å²) in [6.07, 6.45) is 5.35. The first-order valence-electron chi connectivity index (χ1n) is 6.56. The van der Waals surface area contributed by atoms with Gasteiger partial charge in [-0.2, -0.15) is 0 Å². The Balaban J connectivity index is 1.60. The lowest BCUT2D eigenvalue weighted by molar-refractivity contribution is -0.905. The van der Waals surface area contributed by atoms with Crippen LogP contribution in [0.4, 0.5) is 0 Å². The fourth-order valence-electron chi connectivity index (χ4n) is 2.34. The molecule has 0 atom stereocenters. The molecule has 0 spiro atoms. The third kappa shape index (κ3) is 4.57. The van der Waals surface area contributed by atoms with Gasteiger partial charge in [0.15, 0.2) is 0 Å². The Bertz CT molecular complexity index is 319. The molecule has 1 aliphatic heterocycles. The molecule has 0 aliphatic carbocycles. The van der Waals surface area contributed by atoms with Gasteiger partial charge < -0.3 is 9.64 Å². The lowest BCUT2D eigenvalue weighted by atomic mass is 10.1. The van der Waals surface area contributed by atoms with Crippen LogP contribution in [0.2, 0.25) is 5.02 Å². The topological polar surface area (TPSA) is 13.7 Å². The van der Waals surface area contributed by atoms with Gasteiger partial charge in [0.25, 0.3) is 0 Å². The molecule has 1 aromatic carbocycles. The molecule has 1 fully saturated rings. The van der Waals surface area contributed by atoms with Crippen molar-refractivity contribution in [2.24, 2.45) is 0 Å². The molecule has 1 aliphatic rings. The SMILES string of the molecule is Clc1ccc(OCCC[NH+]2CCCCC2)cc1. The van der Waals surface area contributed by atoms with Gasteiger partial charge in [0, 0.05) is 11.4 Å². The van der Waals surface area contributed by atoms with Crippen molar-refractivity contribution in [1.29, 1.82) is 0 Å². The molecule has 0 radical (unpaired) electrons. The summed E-state index contributed by atoms with van der Waals surface area (Å²) in [7, 11) is 0. The van der Waals surface area contributed by atoms with Gasteiger partial charge in [0.2, 0.25) is 0 Å². The second-order valence-corrected chi connectivity index (χ2v) is 5.15. The summed E-state index contributed by atoms with van der Waals surface area (Å²) < 4.78 is 5.68. The van der Waals surface area contributed by atoms with Crippen molar-refractivity contribution in [2.45, 2.75) is 25.7 Å². The van der Waals surface area contributed by atoms with Crippen LogP contribution in [0, 0.1) is 0 Å². The van der Waals surface area contributed by atoms with Gasteiger partial charge in [-0.05, 0) is 43.5 Å². The minimum atomic E-state index is 0.759. The number of hydrogen-bond acceptors (Lipinski definition) is 1. The molecule has 2 rings (SSSR count). The first kappa shape index (κ1) is 12.7. The van der Waals surface area contributed by atoms with E-state index in [1.165, 1.54) is 38.9 Å². The Morgan fingerprint density at radius 1 is 1.06 bits per heavy atom. The zero-order valence-corrected chi connectivity index (χ0v) is 11.0. The van der Waals surface area contributed by atoms with Crippen LogP contribution in [0.25, 0.3) is 0 Å². The molecule has 94 valence electrons. The number of ether oxygens (including phenoxy) is 1. The number of piperidine rings is 1. The summed E-state index contributed by atoms with van der Waals surface area (Å²) >= 11 is 5.82. The predicted octanol–water partition coefficient (Wildman–Crippen LogP) is 2.18. The molecule has 3 heteroatoms. The summed E-state index contributed by atoms with van der Waals surface area (Å²) in [5.41, 5.74) is 0. The standard InChI is InChI=1S/C14H20ClNO/c15-13-5-7-14(8-6-13)17-12-4-11-16-9-2-1-3-10-16/h5-8H,1-4,9-12H2/p+1. The summed E-state index contributed by atoms with van der Waals surface area (Å²) in [5, 5.41) is 0.759. The maximum atomic E-state index is 5.82. The number of quaternary nitrogens is 1. The Morgan fingerprint density at radius 2 is 1.76 bits per heavy atom. The van der Waals surface area contributed by atoms with Crippen molar-refractivity contribution < 1.29 is 9.64 Å². The maximum absolute atomic E-state index is 5.82. The van der Waals surface area contributed by atoms with Crippen molar-refractivity contribution in [3.05, 3.63) is 29.3 Å². The summed E-state index contributed by atoms with van der Waals surface area (Å²) in [6.45, 7) is 4.75. The first-order valence-corrected chi connectivity index (χ1v) is 6.94. The van der Waals surface area contributed by atoms with Crippen LogP contribution in [0.15, 0.2) is 24.3 Å². The van der Waals surface area contributed by atoms with Gasteiger partial charge >= 0.3 is 0 Å². The molecule has 1 aromatic rings. The molecule has 0 amide bonds. The molecule has 0 aromatic heterocycles. The summed E-state index contributed by atoms with van der Waals surface area (Å²) in [6, 6.07) is 7.59. The predicted molar refractivity (Wildman–Crippen MR) is 71.0 cm³/mol. The van der Waals surface area contributed by atoms with Gasteiger partial charge in [0.05, 0.1) is 26.2 Å². The zero-order chi connectivity index (χ0) is 11.9. The molecule has 1 N–H and O–H groups in total. The number of rotatable bonds is 5. The number of halogens is 1. The van der Waals surface area contributed by atoms with E-state index in [-0.39, 0.29) is 0 Å². The van der Waals surface area contributed by atoms with Gasteiger partial charge in [-0.15, -0.1) is 0 Å². The van der Waals surface area contributed by atoms with E-state index < -0.39 is 0 Å². The third-order valence-electron chi connectivity index (χ3n) is 3.32. The normalized spacial score (nSPS) is 17.0. The number of likely N-dealkylation sites (tertiary alicyclic amines) is 1. The lowest BCUT2D eigenvalue weighted by Gasteiger charge is -2.23. The van der Waals surface area contributed by atoms with Crippen molar-refractivity contribution in [1.82, 2.24) is 0 Å². The monoisotopic (exact) mass is 254 g/mol. The average molecular weight is 255 g/mol. The number of nitrogens with one attached hydrogen (secondary N) is 1. The summed E-state index contributed by atoms with van der Waals surface area (Å²) in [4.78, 5) is 1.75. The Kier molecular flexibility index (Phi) is 5.14. The van der Waals surface area contributed by atoms with Gasteiger partial charge in [-0.25, -0.2) is 0 Å². The zero-order valence-electron chi connectivity index (χ0n) is 10.3. The second kappa shape index (κ2) is 6.87. The molecule has 0 bridgehead atoms. The molecule has 0 unspecified atom stereocenters. The van der Waals surface area contributed by atoms with Crippen LogP contribution in [-0.2, 0) is 0 Å². The van der Waals surface area contributed by atoms with Crippen LogP contribution < -0.4 is 9.64 Å². The quantitative estimate of drug-likeness (QED) is 0.796. The first-order chi connectivity index (χ1) is 8.34. The maximum Gasteiger partial charge on any atom is 0.119 e. The molecule has 1 heterocycles. The molecule has 2 nitrogen and oxygen atoms in total. The van der Waals surface area contributed by atoms with Crippen molar-refractivity contribution in [2.75, 3.05) is 26.2 Å². The average Bonchev–Trinajstić information content (AvgIpc) is 2.38. The highest BCUT2D eigenvalue weighted by atomic mass is 35.5. The van der Waals surface area contributed by atoms with Crippen LogP contribution in [0.5, 0.6) is 5.75 Å². The molecular formula is C14H21ClNO+. The van der Waals surface area contributed by atoms with Gasteiger partial charge in [-0.1, -0.05) is 11.6 Å². The summed E-state index contributed by atoms with van der Waals surface area (Å²) in [5.74, 6) is 0.919. The number of hydrogen-bond donors (Lipinski definition) is 1. The van der Waals surface area contributed by atoms with E-state index in [0.717, 1.165) is 23.8 Å². The lowest BCUT2D eigenvalue weighted by Crippen LogP contribution is -3.12. The van der Waals surface area contributed by atoms with E-state index >= 15 is 0 Å². The Hall–Kier alpha value is -0.730. The van der Waals surface area contributed by atoms with E-state index in [2.05, 4.69) is 0 Å². The van der Waals surface area contributed by atoms with Crippen molar-refractivity contribution in [3.8, 4) is 5.75 Å². The van der Waals surface area contributed by atoms with Crippen LogP contribution in [0.3, 0.4) is 0 Å². The van der Waals surface area contributed by atoms with Crippen molar-refractivity contribution >= 4 is 11.6 Å². The van der Waals surface area contributed by atoms with E-state index in [4.69, 9.17) is 16.3 Å². The van der Waals surface area contributed by atoms with Crippen molar-refractivity contribution in [3.63, 3.8) is 0 Å². The highest BCUT2D eigenvalue weighted by Gasteiger charge is 2.12. The fourth-order valence-corrected chi connectivity index (χ4v) is 2.47. The van der Waals surface area contributed by atoms with Crippen LogP contribution >= 0.6 is 11.6 Å². The highest BCUT2D eigenvalue weighted by Crippen LogP contribution is 2.15. The van der Waals surface area contributed by atoms with E-state index in [9.17, 15) is 0 Å². The van der Waals surface area contributed by atoms with Gasteiger partial charge in [0.1, 0.15) is 5.75 Å². The molecule has 17 heavy (non-hydrogen) atoms. The van der Waals surface area contributed by atoms with Crippen LogP contribution in [-0.4, -0.2) is 26.2 Å². The van der Waals surface area contributed by atoms with E-state index in [1.807, 2.05) is 24.3 Å². The molecular weight excluding hydrogens is 234 g/mol. The minimum Gasteiger partial charge on any atom is -0.493 e. The second-order valence-electron chi connectivity index (χ2n) is 4.72. The molecule has 1 saturated heterocycles. The number of benzene rings is 1. The largest absolute Gasteiger partial charge is 0.493 e. The highest BCUT2D eigenvalue weighted by molar-refractivity contribution is 6.30. The van der Waals surface area contributed by atoms with E-state index in [1.54, 1.807) is 4.90 Å². The fraction of sp³-hybridized carbons (Fsp3) is 0.571. The smallest absolute Gasteiger partial charge is 0.119 e. The van der Waals surface area contributed by atoms with Gasteiger partial charge in [-0.3, -0.25) is 0 Å². The van der Waals surface area contributed by atoms with Crippen LogP contribution in [0.1, 0.15) is 25.7 Å². The third-order valence-corrected chi connectivity index (χ3v) is 3.57. The van der Waals surface area contributed by atoms with E-state index in [0.29, 0.717) is 0 Å². The Morgan fingerprint density at radius 3 is 2.47 bits per heavy atom. The minimum absolute atomic E-state index is 0.759. The molecule has 0 saturated carbocycles. The Labute approximate surface area is 109 Å².